The molecular weight excluding hydrogens is 462 g/mol. The van der Waals surface area contributed by atoms with Crippen molar-refractivity contribution in [1.82, 2.24) is 20.9 Å². The Hall–Kier alpha value is -2.65. The van der Waals surface area contributed by atoms with Crippen LogP contribution in [0.15, 0.2) is 0 Å². The van der Waals surface area contributed by atoms with E-state index in [2.05, 4.69) is 29.8 Å². The minimum Gasteiger partial charge on any atom is -0.363 e. The monoisotopic (exact) mass is 505 g/mol. The molecule has 0 radical (unpaired) electrons. The normalized spacial score (nSPS) is 31.1. The highest BCUT2D eigenvalue weighted by molar-refractivity contribution is 6.40. The van der Waals surface area contributed by atoms with E-state index in [0.717, 1.165) is 0 Å². The van der Waals surface area contributed by atoms with Gasteiger partial charge < -0.3 is 26.6 Å². The smallest absolute Gasteiger partial charge is 0.315 e. The fourth-order valence-electron chi connectivity index (χ4n) is 5.96. The molecule has 36 heavy (non-hydrogen) atoms. The zero-order valence-electron chi connectivity index (χ0n) is 23.1. The molecule has 0 aromatic carbocycles. The first kappa shape index (κ1) is 27.9. The molecule has 0 aromatic heterocycles. The molecule has 5 amide bonds. The van der Waals surface area contributed by atoms with Crippen molar-refractivity contribution >= 4 is 29.5 Å². The first-order chi connectivity index (χ1) is 16.3. The molecule has 0 aromatic rings. The molecule has 10 nitrogen and oxygen atoms in total. The Balaban J connectivity index is 1.87. The van der Waals surface area contributed by atoms with Crippen LogP contribution in [0.1, 0.15) is 75.2 Å². The lowest BCUT2D eigenvalue weighted by molar-refractivity contribution is -0.145. The number of hydrogen-bond donors (Lipinski definition) is 4. The number of carbonyl (C=O) groups excluding carboxylic acids is 5. The molecule has 202 valence electrons. The van der Waals surface area contributed by atoms with Crippen molar-refractivity contribution in [2.45, 2.75) is 98.3 Å². The van der Waals surface area contributed by atoms with Crippen LogP contribution < -0.4 is 21.7 Å². The maximum Gasteiger partial charge on any atom is 0.315 e. The number of rotatable bonds is 7. The average molecular weight is 506 g/mol. The van der Waals surface area contributed by atoms with Crippen LogP contribution in [0.4, 0.5) is 4.79 Å². The van der Waals surface area contributed by atoms with Crippen molar-refractivity contribution in [2.75, 3.05) is 6.54 Å². The Morgan fingerprint density at radius 3 is 2.08 bits per heavy atom. The number of nitrogens with one attached hydrogen (secondary N) is 3. The third-order valence-corrected chi connectivity index (χ3v) is 8.21. The Bertz CT molecular complexity index is 978. The molecule has 6 atom stereocenters. The summed E-state index contributed by atoms with van der Waals surface area (Å²) in [6.07, 6.45) is 0.970. The quantitative estimate of drug-likeness (QED) is 0.385. The molecule has 2 aliphatic carbocycles. The summed E-state index contributed by atoms with van der Waals surface area (Å²) in [6.45, 7) is 17.5. The SMILES string of the molecule is CC[C@H]1C[C@]1(NC(=O)[C@@H]1[C@@H]2[C@H](CN1C(=O)[C@@H](NC(=O)NC(C)(C)C)C(C)(C)C)C2(C)C)C(=O)C(N)=O. The van der Waals surface area contributed by atoms with Gasteiger partial charge in [-0.1, -0.05) is 48.0 Å². The fraction of sp³-hybridized carbons (Fsp3) is 0.808. The number of hydrogen-bond acceptors (Lipinski definition) is 5. The predicted octanol–water partition coefficient (Wildman–Crippen LogP) is 1.32. The summed E-state index contributed by atoms with van der Waals surface area (Å²) in [7, 11) is 0. The second-order valence-corrected chi connectivity index (χ2v) is 13.5. The summed E-state index contributed by atoms with van der Waals surface area (Å²) >= 11 is 0. The third-order valence-electron chi connectivity index (χ3n) is 8.21. The van der Waals surface area contributed by atoms with Crippen LogP contribution in [0.3, 0.4) is 0 Å². The van der Waals surface area contributed by atoms with Gasteiger partial charge in [0.15, 0.2) is 0 Å². The van der Waals surface area contributed by atoms with Crippen LogP contribution in [0.5, 0.6) is 0 Å². The second-order valence-electron chi connectivity index (χ2n) is 13.5. The van der Waals surface area contributed by atoms with Crippen LogP contribution in [0.25, 0.3) is 0 Å². The minimum atomic E-state index is -1.29. The van der Waals surface area contributed by atoms with Crippen LogP contribution in [0, 0.1) is 28.6 Å². The second kappa shape index (κ2) is 8.73. The van der Waals surface area contributed by atoms with E-state index in [1.165, 1.54) is 0 Å². The van der Waals surface area contributed by atoms with Crippen LogP contribution in [-0.2, 0) is 19.2 Å². The van der Waals surface area contributed by atoms with E-state index in [-0.39, 0.29) is 29.1 Å². The van der Waals surface area contributed by atoms with Gasteiger partial charge in [-0.3, -0.25) is 19.2 Å². The van der Waals surface area contributed by atoms with E-state index in [4.69, 9.17) is 5.73 Å². The first-order valence-corrected chi connectivity index (χ1v) is 12.8. The molecule has 0 bridgehead atoms. The molecule has 1 saturated heterocycles. The molecule has 0 unspecified atom stereocenters. The van der Waals surface area contributed by atoms with E-state index in [0.29, 0.717) is 19.4 Å². The van der Waals surface area contributed by atoms with Crippen LogP contribution in [0.2, 0.25) is 0 Å². The highest BCUT2D eigenvalue weighted by Crippen LogP contribution is 2.65. The third kappa shape index (κ3) is 4.95. The number of urea groups is 1. The van der Waals surface area contributed by atoms with Crippen LogP contribution >= 0.6 is 0 Å². The van der Waals surface area contributed by atoms with Crippen molar-refractivity contribution < 1.29 is 24.0 Å². The summed E-state index contributed by atoms with van der Waals surface area (Å²) in [4.78, 5) is 66.2. The maximum absolute atomic E-state index is 13.9. The predicted molar refractivity (Wildman–Crippen MR) is 134 cm³/mol. The Kier molecular flexibility index (Phi) is 6.77. The van der Waals surface area contributed by atoms with E-state index in [1.54, 1.807) is 4.90 Å². The summed E-state index contributed by atoms with van der Waals surface area (Å²) in [5.74, 6) is -2.77. The lowest BCUT2D eigenvalue weighted by Crippen LogP contribution is -2.62. The van der Waals surface area contributed by atoms with Gasteiger partial charge in [-0.2, -0.15) is 0 Å². The van der Waals surface area contributed by atoms with E-state index >= 15 is 0 Å². The van der Waals surface area contributed by atoms with E-state index < -0.39 is 52.2 Å². The van der Waals surface area contributed by atoms with E-state index in [9.17, 15) is 24.0 Å². The van der Waals surface area contributed by atoms with Gasteiger partial charge in [-0.25, -0.2) is 4.79 Å². The highest BCUT2D eigenvalue weighted by Gasteiger charge is 2.71. The average Bonchev–Trinajstić information content (AvgIpc) is 3.46. The number of piperidine rings is 1. The lowest BCUT2D eigenvalue weighted by Gasteiger charge is -2.38. The number of primary amides is 1. The standard InChI is InChI=1S/C26H43N5O5/c1-10-13-11-26(13,18(32)19(27)33)29-20(34)16-15-14(25(15,8)9)12-31(16)21(35)17(23(2,3)4)28-22(36)30-24(5,6)7/h13-17H,10-12H2,1-9H3,(H2,27,33)(H,29,34)(H2,28,30,36)/t13-,14-,15-,16-,17+,26+/m0/s1. The zero-order chi connectivity index (χ0) is 27.6. The fourth-order valence-corrected chi connectivity index (χ4v) is 5.96. The topological polar surface area (TPSA) is 151 Å². The van der Waals surface area contributed by atoms with Crippen LogP contribution in [-0.4, -0.2) is 64.1 Å². The van der Waals surface area contributed by atoms with Gasteiger partial charge >= 0.3 is 6.03 Å². The number of fused-ring (bicyclic) bond motifs is 1. The molecule has 5 N–H and O–H groups in total. The molecule has 2 saturated carbocycles. The lowest BCUT2D eigenvalue weighted by atomic mass is 9.85. The largest absolute Gasteiger partial charge is 0.363 e. The molecule has 0 spiro atoms. The van der Waals surface area contributed by atoms with Crippen molar-refractivity contribution in [3.63, 3.8) is 0 Å². The number of nitrogens with two attached hydrogens (primary N) is 1. The summed E-state index contributed by atoms with van der Waals surface area (Å²) < 4.78 is 0. The number of nitrogens with zero attached hydrogens (tertiary/aromatic N) is 1. The summed E-state index contributed by atoms with van der Waals surface area (Å²) in [5, 5.41) is 8.48. The van der Waals surface area contributed by atoms with Gasteiger partial charge in [0, 0.05) is 12.1 Å². The number of likely N-dealkylation sites (tertiary alicyclic amines) is 1. The summed E-state index contributed by atoms with van der Waals surface area (Å²) in [6, 6.07) is -2.14. The van der Waals surface area contributed by atoms with Gasteiger partial charge in [0.25, 0.3) is 5.91 Å². The zero-order valence-corrected chi connectivity index (χ0v) is 23.1. The van der Waals surface area contributed by atoms with Gasteiger partial charge in [0.2, 0.25) is 17.6 Å². The summed E-state index contributed by atoms with van der Waals surface area (Å²) in [5.41, 5.74) is 2.75. The van der Waals surface area contributed by atoms with Gasteiger partial charge in [-0.15, -0.1) is 0 Å². The van der Waals surface area contributed by atoms with Gasteiger partial charge in [-0.05, 0) is 55.8 Å². The Morgan fingerprint density at radius 2 is 1.64 bits per heavy atom. The van der Waals surface area contributed by atoms with Crippen molar-refractivity contribution in [3.05, 3.63) is 0 Å². The molecule has 1 heterocycles. The van der Waals surface area contributed by atoms with Crippen molar-refractivity contribution in [1.29, 1.82) is 0 Å². The van der Waals surface area contributed by atoms with Gasteiger partial charge in [0.05, 0.1) is 0 Å². The Labute approximate surface area is 213 Å². The minimum absolute atomic E-state index is 0.0787. The number of amides is 5. The molecule has 3 fully saturated rings. The number of ketones is 1. The molecule has 10 heteroatoms. The maximum atomic E-state index is 13.9. The van der Waals surface area contributed by atoms with E-state index in [1.807, 2.05) is 48.5 Å². The van der Waals surface area contributed by atoms with Crippen molar-refractivity contribution in [2.24, 2.45) is 34.3 Å². The Morgan fingerprint density at radius 1 is 1.06 bits per heavy atom. The van der Waals surface area contributed by atoms with Crippen molar-refractivity contribution in [3.8, 4) is 0 Å². The number of carbonyl (C=O) groups is 5. The molecule has 3 rings (SSSR count). The highest BCUT2D eigenvalue weighted by atomic mass is 16.2. The molecular formula is C26H43N5O5. The molecule has 1 aliphatic heterocycles. The first-order valence-electron chi connectivity index (χ1n) is 12.8. The molecule has 3 aliphatic rings. The van der Waals surface area contributed by atoms with Gasteiger partial charge in [0.1, 0.15) is 17.6 Å². The number of Topliss-reactive ketones (excluding diaryl/α,β-unsaturated/α-hetero) is 1.